The number of nitrogens with one attached hydrogen (secondary N) is 2. The van der Waals surface area contributed by atoms with Crippen LogP contribution >= 0.6 is 11.3 Å². The fourth-order valence-corrected chi connectivity index (χ4v) is 1.87. The van der Waals surface area contributed by atoms with Crippen molar-refractivity contribution in [2.75, 3.05) is 6.54 Å². The minimum atomic E-state index is -1.27. The Morgan fingerprint density at radius 2 is 2.17 bits per heavy atom. The van der Waals surface area contributed by atoms with Crippen molar-refractivity contribution < 1.29 is 19.5 Å². The zero-order valence-corrected chi connectivity index (χ0v) is 9.86. The highest BCUT2D eigenvalue weighted by molar-refractivity contribution is 7.10. The predicted molar refractivity (Wildman–Crippen MR) is 61.5 cm³/mol. The lowest BCUT2D eigenvalue weighted by molar-refractivity contribution is -0.144. The van der Waals surface area contributed by atoms with Crippen molar-refractivity contribution >= 4 is 29.1 Å². The first-order valence-electron chi connectivity index (χ1n) is 4.78. The molecule has 8 heteroatoms. The molecule has 0 bridgehead atoms. The Morgan fingerprint density at radius 1 is 1.44 bits per heavy atom. The topological polar surface area (TPSA) is 119 Å². The molecule has 0 aromatic carbocycles. The summed E-state index contributed by atoms with van der Waals surface area (Å²) in [6.07, 6.45) is 0. The quantitative estimate of drug-likeness (QED) is 0.508. The Hall–Kier alpha value is -2.40. The van der Waals surface area contributed by atoms with Crippen molar-refractivity contribution in [3.8, 4) is 6.07 Å². The van der Waals surface area contributed by atoms with Gasteiger partial charge in [-0.3, -0.25) is 9.59 Å². The molecule has 0 aliphatic heterocycles. The molecule has 7 nitrogen and oxygen atoms in total. The molecule has 1 aromatic heterocycles. The zero-order chi connectivity index (χ0) is 13.5. The number of carbonyl (C=O) groups is 3. The minimum Gasteiger partial charge on any atom is -0.479 e. The molecule has 2 amide bonds. The van der Waals surface area contributed by atoms with Gasteiger partial charge in [0, 0.05) is 4.88 Å². The van der Waals surface area contributed by atoms with Crippen LogP contribution in [0.2, 0.25) is 0 Å². The normalized spacial score (nSPS) is 11.1. The van der Waals surface area contributed by atoms with Crippen LogP contribution in [0.25, 0.3) is 0 Å². The third-order valence-electron chi connectivity index (χ3n) is 1.88. The summed E-state index contributed by atoms with van der Waals surface area (Å²) in [6.45, 7) is -0.316. The average molecular weight is 267 g/mol. The van der Waals surface area contributed by atoms with E-state index in [1.165, 1.54) is 6.07 Å². The second-order valence-corrected chi connectivity index (χ2v) is 4.08. The van der Waals surface area contributed by atoms with Crippen LogP contribution < -0.4 is 10.6 Å². The van der Waals surface area contributed by atoms with Gasteiger partial charge in [-0.1, -0.05) is 6.07 Å². The maximum atomic E-state index is 11.4. The summed E-state index contributed by atoms with van der Waals surface area (Å²) in [4.78, 5) is 33.9. The third-order valence-corrected chi connectivity index (χ3v) is 2.82. The molecule has 0 radical (unpaired) electrons. The van der Waals surface area contributed by atoms with Gasteiger partial charge in [0.05, 0.1) is 6.07 Å². The van der Waals surface area contributed by atoms with Crippen LogP contribution in [0, 0.1) is 11.3 Å². The number of hydrogen-bond acceptors (Lipinski definition) is 5. The lowest BCUT2D eigenvalue weighted by atomic mass is 10.2. The molecular formula is C10H9N3O4S. The van der Waals surface area contributed by atoms with Gasteiger partial charge in [-0.2, -0.15) is 5.26 Å². The van der Waals surface area contributed by atoms with Gasteiger partial charge in [-0.25, -0.2) is 4.79 Å². The number of rotatable bonds is 4. The maximum absolute atomic E-state index is 11.4. The number of amides is 2. The first-order chi connectivity index (χ1) is 8.56. The van der Waals surface area contributed by atoms with Gasteiger partial charge in [-0.05, 0) is 11.4 Å². The fraction of sp³-hybridized carbons (Fsp3) is 0.200. The summed E-state index contributed by atoms with van der Waals surface area (Å²) >= 11 is 1.15. The lowest BCUT2D eigenvalue weighted by Crippen LogP contribution is -2.43. The number of carboxylic acid groups (broad SMARTS) is 1. The molecule has 0 saturated carbocycles. The van der Waals surface area contributed by atoms with E-state index in [9.17, 15) is 14.4 Å². The third kappa shape index (κ3) is 3.57. The van der Waals surface area contributed by atoms with E-state index in [0.29, 0.717) is 4.88 Å². The Labute approximate surface area is 106 Å². The maximum Gasteiger partial charge on any atom is 0.331 e. The minimum absolute atomic E-state index is 0.316. The molecule has 0 saturated heterocycles. The fourth-order valence-electron chi connectivity index (χ4n) is 1.11. The smallest absolute Gasteiger partial charge is 0.331 e. The van der Waals surface area contributed by atoms with Crippen molar-refractivity contribution in [3.63, 3.8) is 0 Å². The summed E-state index contributed by atoms with van der Waals surface area (Å²) < 4.78 is 0. The van der Waals surface area contributed by atoms with Crippen LogP contribution in [0.1, 0.15) is 10.9 Å². The standard InChI is InChI=1S/C10H9N3O4S/c11-3-4-12-8(14)9(15)13-7(10(16)17)6-2-1-5-18-6/h1-2,5,7H,4H2,(H,12,14)(H,13,15)(H,16,17). The van der Waals surface area contributed by atoms with E-state index >= 15 is 0 Å². The Morgan fingerprint density at radius 3 is 2.67 bits per heavy atom. The molecule has 18 heavy (non-hydrogen) atoms. The lowest BCUT2D eigenvalue weighted by Gasteiger charge is -2.12. The number of carbonyl (C=O) groups excluding carboxylic acids is 2. The van der Waals surface area contributed by atoms with Crippen LogP contribution in [-0.4, -0.2) is 29.4 Å². The molecule has 94 valence electrons. The molecular weight excluding hydrogens is 258 g/mol. The molecule has 3 N–H and O–H groups in total. The number of nitrogens with zero attached hydrogens (tertiary/aromatic N) is 1. The van der Waals surface area contributed by atoms with Crippen LogP contribution in [-0.2, 0) is 14.4 Å². The number of carboxylic acids is 1. The molecule has 1 unspecified atom stereocenters. The molecule has 1 rings (SSSR count). The van der Waals surface area contributed by atoms with E-state index in [1.54, 1.807) is 17.5 Å². The predicted octanol–water partition coefficient (Wildman–Crippen LogP) is -0.370. The van der Waals surface area contributed by atoms with Gasteiger partial charge in [0.1, 0.15) is 6.54 Å². The van der Waals surface area contributed by atoms with E-state index in [4.69, 9.17) is 10.4 Å². The molecule has 0 spiro atoms. The van der Waals surface area contributed by atoms with Gasteiger partial charge in [0.25, 0.3) is 0 Å². The SMILES string of the molecule is N#CCNC(=O)C(=O)NC(C(=O)O)c1cccs1. The number of aliphatic carboxylic acids is 1. The number of nitriles is 1. The highest BCUT2D eigenvalue weighted by Crippen LogP contribution is 2.18. The largest absolute Gasteiger partial charge is 0.479 e. The van der Waals surface area contributed by atoms with Gasteiger partial charge in [-0.15, -0.1) is 11.3 Å². The van der Waals surface area contributed by atoms with Crippen molar-refractivity contribution in [2.24, 2.45) is 0 Å². The van der Waals surface area contributed by atoms with Gasteiger partial charge < -0.3 is 15.7 Å². The Kier molecular flexibility index (Phi) is 4.83. The summed E-state index contributed by atoms with van der Waals surface area (Å²) in [7, 11) is 0. The number of hydrogen-bond donors (Lipinski definition) is 3. The first-order valence-corrected chi connectivity index (χ1v) is 5.66. The van der Waals surface area contributed by atoms with Gasteiger partial charge in [0.15, 0.2) is 6.04 Å². The first kappa shape index (κ1) is 13.7. The van der Waals surface area contributed by atoms with Crippen LogP contribution in [0.15, 0.2) is 17.5 Å². The summed E-state index contributed by atoms with van der Waals surface area (Å²) in [6, 6.07) is 3.53. The van der Waals surface area contributed by atoms with Crippen LogP contribution in [0.5, 0.6) is 0 Å². The van der Waals surface area contributed by atoms with Crippen LogP contribution in [0.4, 0.5) is 0 Å². The second-order valence-electron chi connectivity index (χ2n) is 3.10. The van der Waals surface area contributed by atoms with E-state index < -0.39 is 23.8 Å². The van der Waals surface area contributed by atoms with Crippen molar-refractivity contribution in [2.45, 2.75) is 6.04 Å². The molecule has 1 aromatic rings. The van der Waals surface area contributed by atoms with E-state index in [-0.39, 0.29) is 6.54 Å². The van der Waals surface area contributed by atoms with Gasteiger partial charge in [0.2, 0.25) is 0 Å². The monoisotopic (exact) mass is 267 g/mol. The number of thiophene rings is 1. The summed E-state index contributed by atoms with van der Waals surface area (Å²) in [5, 5.41) is 22.9. The van der Waals surface area contributed by atoms with E-state index in [2.05, 4.69) is 5.32 Å². The van der Waals surface area contributed by atoms with Crippen molar-refractivity contribution in [1.29, 1.82) is 5.26 Å². The highest BCUT2D eigenvalue weighted by atomic mass is 32.1. The molecule has 1 heterocycles. The Balaban J connectivity index is 2.68. The molecule has 0 aliphatic carbocycles. The Bertz CT molecular complexity index is 492. The molecule has 0 aliphatic rings. The van der Waals surface area contributed by atoms with E-state index in [1.807, 2.05) is 5.32 Å². The summed E-state index contributed by atoms with van der Waals surface area (Å²) in [5.74, 6) is -3.40. The van der Waals surface area contributed by atoms with Gasteiger partial charge >= 0.3 is 17.8 Å². The van der Waals surface area contributed by atoms with Crippen LogP contribution in [0.3, 0.4) is 0 Å². The molecule has 0 fully saturated rings. The van der Waals surface area contributed by atoms with E-state index in [0.717, 1.165) is 11.3 Å². The van der Waals surface area contributed by atoms with Crippen molar-refractivity contribution in [1.82, 2.24) is 10.6 Å². The van der Waals surface area contributed by atoms with Crippen molar-refractivity contribution in [3.05, 3.63) is 22.4 Å². The average Bonchev–Trinajstić information content (AvgIpc) is 2.85. The summed E-state index contributed by atoms with van der Waals surface area (Å²) in [5.41, 5.74) is 0. The zero-order valence-electron chi connectivity index (χ0n) is 9.04. The molecule has 1 atom stereocenters. The highest BCUT2D eigenvalue weighted by Gasteiger charge is 2.25. The second kappa shape index (κ2) is 6.36.